The molecule has 0 unspecified atom stereocenters. The van der Waals surface area contributed by atoms with Crippen LogP contribution in [0.1, 0.15) is 44.2 Å². The fourth-order valence-corrected chi connectivity index (χ4v) is 2.08. The summed E-state index contributed by atoms with van der Waals surface area (Å²) in [7, 11) is 0. The quantitative estimate of drug-likeness (QED) is 0.804. The molecule has 4 heteroatoms. The maximum Gasteiger partial charge on any atom is 0.319 e. The normalized spacial score (nSPS) is 12.3. The van der Waals surface area contributed by atoms with Crippen molar-refractivity contribution < 1.29 is 13.2 Å². The molecule has 0 radical (unpaired) electrons. The average molecular weight is 253 g/mol. The smallest absolute Gasteiger partial charge is 0.319 e. The second kappa shape index (κ2) is 4.67. The highest BCUT2D eigenvalue weighted by molar-refractivity contribution is 5.75. The molecule has 18 heavy (non-hydrogen) atoms. The van der Waals surface area contributed by atoms with Crippen LogP contribution < -0.4 is 0 Å². The molecular formula is C14H17F2NO. The van der Waals surface area contributed by atoms with Gasteiger partial charge in [0, 0.05) is 6.92 Å². The molecule has 0 fully saturated rings. The van der Waals surface area contributed by atoms with Crippen LogP contribution in [0.3, 0.4) is 0 Å². The van der Waals surface area contributed by atoms with Gasteiger partial charge < -0.3 is 4.42 Å². The molecule has 2 nitrogen and oxygen atoms in total. The summed E-state index contributed by atoms with van der Waals surface area (Å²) in [4.78, 5) is 3.88. The number of benzene rings is 1. The van der Waals surface area contributed by atoms with Crippen molar-refractivity contribution in [1.82, 2.24) is 4.98 Å². The van der Waals surface area contributed by atoms with E-state index in [2.05, 4.69) is 18.8 Å². The van der Waals surface area contributed by atoms with Crippen LogP contribution in [0.4, 0.5) is 8.78 Å². The SMILES string of the molecule is CCCc1cc2oc(C(C)(F)F)nc2cc1CC. The fourth-order valence-electron chi connectivity index (χ4n) is 2.08. The lowest BCUT2D eigenvalue weighted by molar-refractivity contribution is -0.00937. The van der Waals surface area contributed by atoms with Crippen molar-refractivity contribution in [2.45, 2.75) is 46.0 Å². The Labute approximate surface area is 105 Å². The number of fused-ring (bicyclic) bond motifs is 1. The van der Waals surface area contributed by atoms with Crippen LogP contribution in [0.5, 0.6) is 0 Å². The van der Waals surface area contributed by atoms with Crippen LogP contribution in [0.25, 0.3) is 11.1 Å². The molecule has 2 aromatic rings. The van der Waals surface area contributed by atoms with Crippen LogP contribution in [-0.4, -0.2) is 4.98 Å². The Bertz CT molecular complexity index is 555. The minimum absolute atomic E-state index is 0.451. The molecule has 1 aromatic heterocycles. The third kappa shape index (κ3) is 2.37. The van der Waals surface area contributed by atoms with E-state index in [0.717, 1.165) is 37.3 Å². The molecule has 0 amide bonds. The molecule has 1 heterocycles. The van der Waals surface area contributed by atoms with Gasteiger partial charge in [0.1, 0.15) is 5.52 Å². The Hall–Kier alpha value is -1.45. The topological polar surface area (TPSA) is 26.0 Å². The summed E-state index contributed by atoms with van der Waals surface area (Å²) in [5.41, 5.74) is 3.29. The summed E-state index contributed by atoms with van der Waals surface area (Å²) < 4.78 is 31.5. The van der Waals surface area contributed by atoms with Gasteiger partial charge in [-0.2, -0.15) is 8.78 Å². The van der Waals surface area contributed by atoms with Crippen molar-refractivity contribution in [2.75, 3.05) is 0 Å². The van der Waals surface area contributed by atoms with Gasteiger partial charge in [-0.1, -0.05) is 20.3 Å². The highest BCUT2D eigenvalue weighted by Gasteiger charge is 2.31. The molecule has 0 saturated heterocycles. The zero-order valence-electron chi connectivity index (χ0n) is 10.9. The summed E-state index contributed by atoms with van der Waals surface area (Å²) in [6, 6.07) is 3.71. The van der Waals surface area contributed by atoms with Crippen LogP contribution in [0.15, 0.2) is 16.5 Å². The van der Waals surface area contributed by atoms with Crippen molar-refractivity contribution in [3.63, 3.8) is 0 Å². The molecule has 0 bridgehead atoms. The standard InChI is InChI=1S/C14H17F2NO/c1-4-6-10-8-12-11(7-9(10)5-2)17-13(18-12)14(3,15)16/h7-8H,4-6H2,1-3H3. The summed E-state index contributed by atoms with van der Waals surface area (Å²) in [5, 5.41) is 0. The van der Waals surface area contributed by atoms with Crippen LogP contribution in [0, 0.1) is 0 Å². The number of hydrogen-bond acceptors (Lipinski definition) is 2. The Morgan fingerprint density at radius 1 is 1.22 bits per heavy atom. The van der Waals surface area contributed by atoms with E-state index < -0.39 is 11.8 Å². The van der Waals surface area contributed by atoms with Crippen LogP contribution >= 0.6 is 0 Å². The van der Waals surface area contributed by atoms with E-state index in [0.29, 0.717) is 11.1 Å². The summed E-state index contributed by atoms with van der Waals surface area (Å²) in [5.74, 6) is -3.54. The number of aryl methyl sites for hydroxylation is 2. The molecular weight excluding hydrogens is 236 g/mol. The monoisotopic (exact) mass is 253 g/mol. The highest BCUT2D eigenvalue weighted by atomic mass is 19.3. The lowest BCUT2D eigenvalue weighted by Crippen LogP contribution is -2.06. The maximum absolute atomic E-state index is 13.2. The zero-order valence-corrected chi connectivity index (χ0v) is 10.9. The molecule has 1 aromatic carbocycles. The summed E-state index contributed by atoms with van der Waals surface area (Å²) >= 11 is 0. The predicted octanol–water partition coefficient (Wildman–Crippen LogP) is 4.45. The third-order valence-electron chi connectivity index (χ3n) is 2.99. The Morgan fingerprint density at radius 2 is 1.94 bits per heavy atom. The number of halogens is 2. The van der Waals surface area contributed by atoms with Crippen molar-refractivity contribution in [3.8, 4) is 0 Å². The average Bonchev–Trinajstić information content (AvgIpc) is 2.70. The number of nitrogens with zero attached hydrogens (tertiary/aromatic N) is 1. The first-order valence-electron chi connectivity index (χ1n) is 6.26. The number of aromatic nitrogens is 1. The van der Waals surface area contributed by atoms with Crippen molar-refractivity contribution in [1.29, 1.82) is 0 Å². The van der Waals surface area contributed by atoms with Gasteiger partial charge in [0.2, 0.25) is 0 Å². The van der Waals surface area contributed by atoms with Crippen molar-refractivity contribution in [2.24, 2.45) is 0 Å². The minimum Gasteiger partial charge on any atom is -0.435 e. The van der Waals surface area contributed by atoms with Gasteiger partial charge in [0.15, 0.2) is 5.58 Å². The van der Waals surface area contributed by atoms with E-state index in [-0.39, 0.29) is 0 Å². The minimum atomic E-state index is -3.03. The first-order valence-corrected chi connectivity index (χ1v) is 6.26. The van der Waals surface area contributed by atoms with Gasteiger partial charge in [-0.05, 0) is 36.1 Å². The molecule has 0 aliphatic carbocycles. The first kappa shape index (κ1) is 13.0. The van der Waals surface area contributed by atoms with Gasteiger partial charge in [-0.25, -0.2) is 4.98 Å². The third-order valence-corrected chi connectivity index (χ3v) is 2.99. The number of oxazole rings is 1. The van der Waals surface area contributed by atoms with E-state index >= 15 is 0 Å². The van der Waals surface area contributed by atoms with Gasteiger partial charge in [-0.3, -0.25) is 0 Å². The largest absolute Gasteiger partial charge is 0.435 e. The maximum atomic E-state index is 13.2. The predicted molar refractivity (Wildman–Crippen MR) is 67.0 cm³/mol. The lowest BCUT2D eigenvalue weighted by atomic mass is 10.0. The molecule has 0 atom stereocenters. The zero-order chi connectivity index (χ0) is 13.3. The molecule has 98 valence electrons. The van der Waals surface area contributed by atoms with Gasteiger partial charge in [-0.15, -0.1) is 0 Å². The summed E-state index contributed by atoms with van der Waals surface area (Å²) in [6.07, 6.45) is 2.82. The first-order chi connectivity index (χ1) is 8.45. The van der Waals surface area contributed by atoms with Crippen LogP contribution in [0.2, 0.25) is 0 Å². The van der Waals surface area contributed by atoms with E-state index in [1.54, 1.807) is 0 Å². The Morgan fingerprint density at radius 3 is 2.50 bits per heavy atom. The number of rotatable bonds is 4. The Balaban J connectivity index is 2.56. The van der Waals surface area contributed by atoms with E-state index in [9.17, 15) is 8.78 Å². The molecule has 0 saturated carbocycles. The highest BCUT2D eigenvalue weighted by Crippen LogP contribution is 2.30. The lowest BCUT2D eigenvalue weighted by Gasteiger charge is -2.05. The second-order valence-corrected chi connectivity index (χ2v) is 4.60. The van der Waals surface area contributed by atoms with E-state index in [4.69, 9.17) is 4.42 Å². The van der Waals surface area contributed by atoms with Crippen molar-refractivity contribution >= 4 is 11.1 Å². The van der Waals surface area contributed by atoms with Crippen LogP contribution in [-0.2, 0) is 18.8 Å². The summed E-state index contributed by atoms with van der Waals surface area (Å²) in [6.45, 7) is 4.94. The second-order valence-electron chi connectivity index (χ2n) is 4.60. The van der Waals surface area contributed by atoms with E-state index in [1.807, 2.05) is 12.1 Å². The number of alkyl halides is 2. The Kier molecular flexibility index (Phi) is 3.37. The molecule has 0 aliphatic rings. The van der Waals surface area contributed by atoms with Gasteiger partial charge in [0.05, 0.1) is 0 Å². The molecule has 0 N–H and O–H groups in total. The number of hydrogen-bond donors (Lipinski definition) is 0. The molecule has 2 rings (SSSR count). The molecule has 0 aliphatic heterocycles. The molecule has 0 spiro atoms. The van der Waals surface area contributed by atoms with Gasteiger partial charge >= 0.3 is 5.92 Å². The van der Waals surface area contributed by atoms with E-state index in [1.165, 1.54) is 0 Å². The fraction of sp³-hybridized carbons (Fsp3) is 0.500. The van der Waals surface area contributed by atoms with Gasteiger partial charge in [0.25, 0.3) is 5.89 Å². The van der Waals surface area contributed by atoms with Crippen molar-refractivity contribution in [3.05, 3.63) is 29.2 Å².